The third kappa shape index (κ3) is 1.43. The highest BCUT2D eigenvalue weighted by molar-refractivity contribution is 7.79. The summed E-state index contributed by atoms with van der Waals surface area (Å²) in [4.78, 5) is 8.05. The Morgan fingerprint density at radius 3 is 2.77 bits per heavy atom. The summed E-state index contributed by atoms with van der Waals surface area (Å²) in [6, 6.07) is 1.69. The summed E-state index contributed by atoms with van der Waals surface area (Å²) in [5.41, 5.74) is 0. The van der Waals surface area contributed by atoms with E-state index in [1.165, 1.54) is 6.20 Å². The van der Waals surface area contributed by atoms with Gasteiger partial charge in [-0.05, 0) is 6.07 Å². The van der Waals surface area contributed by atoms with E-state index in [1.807, 2.05) is 0 Å². The summed E-state index contributed by atoms with van der Waals surface area (Å²) in [6.07, 6.45) is 6.19. The molecule has 4 nitrogen and oxygen atoms in total. The van der Waals surface area contributed by atoms with Gasteiger partial charge in [0.15, 0.2) is 11.1 Å². The van der Waals surface area contributed by atoms with Gasteiger partial charge in [-0.1, -0.05) is 0 Å². The summed E-state index contributed by atoms with van der Waals surface area (Å²) < 4.78 is 19.8. The predicted molar refractivity (Wildman–Crippen MR) is 48.6 cm³/mol. The van der Waals surface area contributed by atoms with Gasteiger partial charge in [0.2, 0.25) is 0 Å². The van der Waals surface area contributed by atoms with Gasteiger partial charge in [0.1, 0.15) is 0 Å². The monoisotopic (exact) mass is 194 g/mol. The Hall–Kier alpha value is -1.33. The Balaban J connectivity index is 2.83. The van der Waals surface area contributed by atoms with Crippen LogP contribution < -0.4 is 0 Å². The molecule has 2 aromatic rings. The molecule has 1 atom stereocenters. The standard InChI is InChI=1S/C8H6N2O2S/c11-13(12)8-5-10-4-6-3-9-2-1-7(6)8/h1-5H,(H,11,12). The molecule has 1 N–H and O–H groups in total. The molecular formula is C8H6N2O2S. The van der Waals surface area contributed by atoms with Crippen molar-refractivity contribution in [2.24, 2.45) is 0 Å². The van der Waals surface area contributed by atoms with E-state index < -0.39 is 11.1 Å². The molecule has 1 unspecified atom stereocenters. The zero-order valence-electron chi connectivity index (χ0n) is 6.54. The van der Waals surface area contributed by atoms with E-state index in [9.17, 15) is 4.21 Å². The number of nitrogens with zero attached hydrogens (tertiary/aromatic N) is 2. The molecule has 0 fully saturated rings. The molecule has 2 aromatic heterocycles. The van der Waals surface area contributed by atoms with E-state index in [1.54, 1.807) is 24.7 Å². The van der Waals surface area contributed by atoms with Crippen LogP contribution in [0.25, 0.3) is 10.8 Å². The lowest BCUT2D eigenvalue weighted by Crippen LogP contribution is -1.91. The second-order valence-corrected chi connectivity index (χ2v) is 3.42. The number of rotatable bonds is 1. The van der Waals surface area contributed by atoms with Gasteiger partial charge in [-0.2, -0.15) is 0 Å². The second-order valence-electron chi connectivity index (χ2n) is 2.48. The molecule has 0 radical (unpaired) electrons. The Morgan fingerprint density at radius 1 is 1.23 bits per heavy atom. The fourth-order valence-corrected chi connectivity index (χ4v) is 1.65. The van der Waals surface area contributed by atoms with Gasteiger partial charge in [0, 0.05) is 35.6 Å². The van der Waals surface area contributed by atoms with Crippen LogP contribution in [0.3, 0.4) is 0 Å². The lowest BCUT2D eigenvalue weighted by molar-refractivity contribution is 0.565. The minimum atomic E-state index is -1.99. The maximum Gasteiger partial charge on any atom is 0.188 e. The van der Waals surface area contributed by atoms with Crippen LogP contribution >= 0.6 is 0 Å². The Labute approximate surface area is 76.9 Å². The molecule has 13 heavy (non-hydrogen) atoms. The van der Waals surface area contributed by atoms with Crippen molar-refractivity contribution < 1.29 is 8.76 Å². The van der Waals surface area contributed by atoms with Crippen LogP contribution in [0.15, 0.2) is 35.7 Å². The lowest BCUT2D eigenvalue weighted by atomic mass is 10.2. The first-order valence-corrected chi connectivity index (χ1v) is 4.68. The van der Waals surface area contributed by atoms with Gasteiger partial charge >= 0.3 is 0 Å². The fourth-order valence-electron chi connectivity index (χ4n) is 1.13. The lowest BCUT2D eigenvalue weighted by Gasteiger charge is -1.99. The first-order chi connectivity index (χ1) is 6.29. The van der Waals surface area contributed by atoms with Gasteiger partial charge in [0.05, 0.1) is 4.90 Å². The number of fused-ring (bicyclic) bond motifs is 1. The highest BCUT2D eigenvalue weighted by atomic mass is 32.2. The molecular weight excluding hydrogens is 188 g/mol. The van der Waals surface area contributed by atoms with Crippen molar-refractivity contribution in [1.82, 2.24) is 9.97 Å². The molecule has 0 saturated carbocycles. The number of aromatic nitrogens is 2. The summed E-state index contributed by atoms with van der Waals surface area (Å²) in [5, 5.41) is 1.48. The summed E-state index contributed by atoms with van der Waals surface area (Å²) >= 11 is -1.99. The third-order valence-corrected chi connectivity index (χ3v) is 2.41. The molecule has 0 aliphatic rings. The van der Waals surface area contributed by atoms with Crippen LogP contribution in [0.5, 0.6) is 0 Å². The van der Waals surface area contributed by atoms with E-state index in [-0.39, 0.29) is 0 Å². The Morgan fingerprint density at radius 2 is 2.00 bits per heavy atom. The van der Waals surface area contributed by atoms with Crippen LogP contribution in [-0.2, 0) is 11.1 Å². The van der Waals surface area contributed by atoms with E-state index in [0.717, 1.165) is 5.39 Å². The van der Waals surface area contributed by atoms with Crippen LogP contribution in [0.2, 0.25) is 0 Å². The molecule has 0 bridgehead atoms. The molecule has 0 aliphatic heterocycles. The van der Waals surface area contributed by atoms with Gasteiger partial charge in [-0.3, -0.25) is 9.97 Å². The van der Waals surface area contributed by atoms with Crippen molar-refractivity contribution in [1.29, 1.82) is 0 Å². The molecule has 5 heteroatoms. The predicted octanol–water partition coefficient (Wildman–Crippen LogP) is 1.21. The molecule has 0 saturated heterocycles. The highest BCUT2D eigenvalue weighted by Gasteiger charge is 2.05. The van der Waals surface area contributed by atoms with Crippen molar-refractivity contribution in [2.45, 2.75) is 4.90 Å². The minimum absolute atomic E-state index is 0.319. The van der Waals surface area contributed by atoms with Crippen molar-refractivity contribution in [3.05, 3.63) is 30.9 Å². The van der Waals surface area contributed by atoms with Crippen LogP contribution in [0.1, 0.15) is 0 Å². The third-order valence-electron chi connectivity index (χ3n) is 1.71. The molecule has 0 amide bonds. The number of hydrogen-bond acceptors (Lipinski definition) is 3. The zero-order valence-corrected chi connectivity index (χ0v) is 7.36. The molecule has 2 rings (SSSR count). The van der Waals surface area contributed by atoms with Gasteiger partial charge < -0.3 is 4.55 Å². The number of hydrogen-bond donors (Lipinski definition) is 1. The Kier molecular flexibility index (Phi) is 2.03. The maximum absolute atomic E-state index is 10.9. The molecule has 0 aliphatic carbocycles. The van der Waals surface area contributed by atoms with Crippen molar-refractivity contribution >= 4 is 21.9 Å². The van der Waals surface area contributed by atoms with Crippen LogP contribution in [0, 0.1) is 0 Å². The quantitative estimate of drug-likeness (QED) is 0.693. The van der Waals surface area contributed by atoms with Crippen molar-refractivity contribution in [3.63, 3.8) is 0 Å². The Bertz CT molecular complexity index is 467. The van der Waals surface area contributed by atoms with Gasteiger partial charge in [-0.25, -0.2) is 4.21 Å². The van der Waals surface area contributed by atoms with Crippen molar-refractivity contribution in [2.75, 3.05) is 0 Å². The van der Waals surface area contributed by atoms with Crippen molar-refractivity contribution in [3.8, 4) is 0 Å². The average Bonchev–Trinajstić information content (AvgIpc) is 2.17. The average molecular weight is 194 g/mol. The normalized spacial score (nSPS) is 13.0. The summed E-state index contributed by atoms with van der Waals surface area (Å²) in [7, 11) is 0. The topological polar surface area (TPSA) is 63.1 Å². The summed E-state index contributed by atoms with van der Waals surface area (Å²) in [5.74, 6) is 0. The first kappa shape index (κ1) is 8.28. The highest BCUT2D eigenvalue weighted by Crippen LogP contribution is 2.17. The van der Waals surface area contributed by atoms with Crippen LogP contribution in [-0.4, -0.2) is 18.7 Å². The molecule has 0 spiro atoms. The smallest absolute Gasteiger partial charge is 0.188 e. The van der Waals surface area contributed by atoms with E-state index >= 15 is 0 Å². The largest absolute Gasteiger partial charge is 0.302 e. The first-order valence-electron chi connectivity index (χ1n) is 3.57. The van der Waals surface area contributed by atoms with E-state index in [2.05, 4.69) is 9.97 Å². The van der Waals surface area contributed by atoms with Gasteiger partial charge in [0.25, 0.3) is 0 Å². The molecule has 66 valence electrons. The van der Waals surface area contributed by atoms with E-state index in [4.69, 9.17) is 4.55 Å². The zero-order chi connectivity index (χ0) is 9.26. The SMILES string of the molecule is O=S(O)c1cncc2cnccc12. The van der Waals surface area contributed by atoms with Gasteiger partial charge in [-0.15, -0.1) is 0 Å². The summed E-state index contributed by atoms with van der Waals surface area (Å²) in [6.45, 7) is 0. The maximum atomic E-state index is 10.9. The fraction of sp³-hybridized carbons (Fsp3) is 0. The minimum Gasteiger partial charge on any atom is -0.302 e. The number of pyridine rings is 2. The molecule has 0 aromatic carbocycles. The van der Waals surface area contributed by atoms with E-state index in [0.29, 0.717) is 10.3 Å². The van der Waals surface area contributed by atoms with Crippen LogP contribution in [0.4, 0.5) is 0 Å². The second kappa shape index (κ2) is 3.20. The molecule has 2 heterocycles.